The topological polar surface area (TPSA) is 96.0 Å². The molecule has 0 bridgehead atoms. The van der Waals surface area contributed by atoms with Gasteiger partial charge in [0.1, 0.15) is 0 Å². The number of nitrogens with one attached hydrogen (secondary N) is 1. The van der Waals surface area contributed by atoms with E-state index in [4.69, 9.17) is 0 Å². The van der Waals surface area contributed by atoms with Gasteiger partial charge in [0.15, 0.2) is 9.84 Å². The van der Waals surface area contributed by atoms with Crippen LogP contribution in [0.25, 0.3) is 22.5 Å². The number of carbonyl (C=O) groups is 1. The number of benzene rings is 1. The summed E-state index contributed by atoms with van der Waals surface area (Å²) in [6.07, 6.45) is 5.11. The van der Waals surface area contributed by atoms with Crippen molar-refractivity contribution < 1.29 is 13.2 Å². The average Bonchev–Trinajstić information content (AvgIpc) is 3.41. The Morgan fingerprint density at radius 3 is 2.58 bits per heavy atom. The third-order valence-corrected chi connectivity index (χ3v) is 7.39. The lowest BCUT2D eigenvalue weighted by atomic mass is 10.00. The first-order valence-electron chi connectivity index (χ1n) is 10.4. The molecule has 1 fully saturated rings. The van der Waals surface area contributed by atoms with Crippen LogP contribution in [0.2, 0.25) is 0 Å². The van der Waals surface area contributed by atoms with Crippen molar-refractivity contribution in [3.8, 4) is 22.5 Å². The molecule has 8 heteroatoms. The molecule has 5 rings (SSSR count). The van der Waals surface area contributed by atoms with E-state index < -0.39 is 9.84 Å². The van der Waals surface area contributed by atoms with Gasteiger partial charge in [0.05, 0.1) is 27.5 Å². The van der Waals surface area contributed by atoms with Crippen LogP contribution < -0.4 is 0 Å². The van der Waals surface area contributed by atoms with Crippen molar-refractivity contribution in [3.63, 3.8) is 0 Å². The van der Waals surface area contributed by atoms with Crippen LogP contribution in [0.5, 0.6) is 0 Å². The van der Waals surface area contributed by atoms with E-state index in [1.165, 1.54) is 0 Å². The number of hydrogen-bond acceptors (Lipinski definition) is 5. The van der Waals surface area contributed by atoms with Gasteiger partial charge in [-0.25, -0.2) is 8.42 Å². The zero-order valence-electron chi connectivity index (χ0n) is 17.7. The van der Waals surface area contributed by atoms with E-state index in [0.717, 1.165) is 52.9 Å². The van der Waals surface area contributed by atoms with E-state index in [1.807, 2.05) is 36.1 Å². The van der Waals surface area contributed by atoms with Crippen LogP contribution in [0.15, 0.2) is 41.4 Å². The van der Waals surface area contributed by atoms with Crippen molar-refractivity contribution in [3.05, 3.63) is 53.3 Å². The lowest BCUT2D eigenvalue weighted by Gasteiger charge is -2.24. The van der Waals surface area contributed by atoms with Crippen molar-refractivity contribution >= 4 is 15.7 Å². The Kier molecular flexibility index (Phi) is 4.51. The second kappa shape index (κ2) is 7.02. The van der Waals surface area contributed by atoms with Gasteiger partial charge in [-0.3, -0.25) is 14.9 Å². The fraction of sp³-hybridized carbons (Fsp3) is 0.348. The Hall–Kier alpha value is -3.00. The number of hydrogen-bond donors (Lipinski definition) is 1. The van der Waals surface area contributed by atoms with Gasteiger partial charge in [0, 0.05) is 25.0 Å². The average molecular weight is 437 g/mol. The van der Waals surface area contributed by atoms with Gasteiger partial charge in [-0.2, -0.15) is 5.10 Å². The fourth-order valence-electron chi connectivity index (χ4n) is 4.37. The molecule has 1 N–H and O–H groups in total. The lowest BCUT2D eigenvalue weighted by Crippen LogP contribution is -2.35. The minimum absolute atomic E-state index is 0.103. The van der Waals surface area contributed by atoms with E-state index in [9.17, 15) is 13.2 Å². The molecule has 0 unspecified atom stereocenters. The number of aromatic amines is 1. The third-order valence-electron chi connectivity index (χ3n) is 6.27. The minimum atomic E-state index is -3.58. The van der Waals surface area contributed by atoms with Crippen LogP contribution in [-0.4, -0.2) is 46.7 Å². The quantitative estimate of drug-likeness (QED) is 0.659. The van der Waals surface area contributed by atoms with E-state index in [2.05, 4.69) is 22.1 Å². The van der Waals surface area contributed by atoms with Gasteiger partial charge < -0.3 is 4.90 Å². The van der Waals surface area contributed by atoms with E-state index >= 15 is 0 Å². The molecule has 1 aromatic carbocycles. The Bertz CT molecular complexity index is 1310. The maximum Gasteiger partial charge on any atom is 0.256 e. The van der Waals surface area contributed by atoms with Crippen molar-refractivity contribution in [2.45, 2.75) is 44.2 Å². The number of carbonyl (C=O) groups excluding carboxylic acids is 1. The highest BCUT2D eigenvalue weighted by molar-refractivity contribution is 7.90. The van der Waals surface area contributed by atoms with Gasteiger partial charge in [-0.15, -0.1) is 0 Å². The minimum Gasteiger partial charge on any atom is -0.331 e. The maximum atomic E-state index is 13.2. The summed E-state index contributed by atoms with van der Waals surface area (Å²) in [5.41, 5.74) is 5.08. The molecule has 1 aliphatic heterocycles. The van der Waals surface area contributed by atoms with Crippen LogP contribution >= 0.6 is 0 Å². The van der Waals surface area contributed by atoms with Gasteiger partial charge >= 0.3 is 0 Å². The molecule has 7 nitrogen and oxygen atoms in total. The highest BCUT2D eigenvalue weighted by Gasteiger charge is 2.40. The number of aryl methyl sites for hydroxylation is 1. The Labute approximate surface area is 181 Å². The second-order valence-corrected chi connectivity index (χ2v) is 10.6. The summed E-state index contributed by atoms with van der Waals surface area (Å²) in [6.45, 7) is 4.40. The molecule has 1 amide bonds. The zero-order chi connectivity index (χ0) is 21.9. The van der Waals surface area contributed by atoms with Gasteiger partial charge in [-0.05, 0) is 79.6 Å². The standard InChI is InChI=1S/C23H24N4O3S/c1-13-8-20(26-25-13)19-10-16(6-7-24-19)17-9-18-12-27(14(2)15-4-5-15)23(28)22(18)21(11-17)31(3,29)30/h6-11,14-15H,4-5,12H2,1-3H3,(H,25,26)/t14-/m0/s1. The maximum absolute atomic E-state index is 13.2. The number of fused-ring (bicyclic) bond motifs is 1. The summed E-state index contributed by atoms with van der Waals surface area (Å²) in [5.74, 6) is 0.338. The molecule has 1 aliphatic carbocycles. The number of aromatic nitrogens is 3. The number of amides is 1. The predicted molar refractivity (Wildman–Crippen MR) is 117 cm³/mol. The highest BCUT2D eigenvalue weighted by Crippen LogP contribution is 2.41. The summed E-state index contributed by atoms with van der Waals surface area (Å²) in [7, 11) is -3.58. The van der Waals surface area contributed by atoms with Crippen LogP contribution in [0, 0.1) is 12.8 Å². The van der Waals surface area contributed by atoms with Crippen LogP contribution in [-0.2, 0) is 16.4 Å². The van der Waals surface area contributed by atoms with Gasteiger partial charge in [-0.1, -0.05) is 0 Å². The lowest BCUT2D eigenvalue weighted by molar-refractivity contribution is 0.0694. The van der Waals surface area contributed by atoms with E-state index in [-0.39, 0.29) is 16.8 Å². The van der Waals surface area contributed by atoms with Crippen LogP contribution in [0.1, 0.15) is 41.4 Å². The molecule has 0 spiro atoms. The fourth-order valence-corrected chi connectivity index (χ4v) is 5.30. The smallest absolute Gasteiger partial charge is 0.256 e. The first-order valence-corrected chi connectivity index (χ1v) is 12.3. The molecule has 3 heterocycles. The summed E-state index contributed by atoms with van der Waals surface area (Å²) in [5, 5.41) is 7.11. The summed E-state index contributed by atoms with van der Waals surface area (Å²) in [4.78, 5) is 19.5. The number of nitrogens with zero attached hydrogens (tertiary/aromatic N) is 3. The molecule has 2 aliphatic rings. The van der Waals surface area contributed by atoms with Crippen molar-refractivity contribution in [1.82, 2.24) is 20.1 Å². The van der Waals surface area contributed by atoms with Crippen LogP contribution in [0.4, 0.5) is 0 Å². The number of rotatable bonds is 5. The summed E-state index contributed by atoms with van der Waals surface area (Å²) in [6, 6.07) is 9.34. The number of sulfone groups is 1. The van der Waals surface area contributed by atoms with Crippen LogP contribution in [0.3, 0.4) is 0 Å². The molecule has 1 saturated carbocycles. The summed E-state index contributed by atoms with van der Waals surface area (Å²) < 4.78 is 25.3. The Morgan fingerprint density at radius 2 is 1.94 bits per heavy atom. The molecule has 160 valence electrons. The molecular formula is C23H24N4O3S. The van der Waals surface area contributed by atoms with Gasteiger partial charge in [0.25, 0.3) is 5.91 Å². The van der Waals surface area contributed by atoms with Crippen molar-refractivity contribution in [1.29, 1.82) is 0 Å². The van der Waals surface area contributed by atoms with E-state index in [0.29, 0.717) is 18.0 Å². The molecule has 1 atom stereocenters. The number of pyridine rings is 1. The Morgan fingerprint density at radius 1 is 1.16 bits per heavy atom. The predicted octanol–water partition coefficient (Wildman–Crippen LogP) is 3.60. The Balaban J connectivity index is 1.61. The summed E-state index contributed by atoms with van der Waals surface area (Å²) >= 11 is 0. The monoisotopic (exact) mass is 436 g/mol. The highest BCUT2D eigenvalue weighted by atomic mass is 32.2. The molecule has 0 radical (unpaired) electrons. The van der Waals surface area contributed by atoms with Crippen molar-refractivity contribution in [2.24, 2.45) is 5.92 Å². The zero-order valence-corrected chi connectivity index (χ0v) is 18.5. The molecule has 2 aromatic heterocycles. The first kappa shape index (κ1) is 19.9. The normalized spacial score (nSPS) is 17.1. The van der Waals surface area contributed by atoms with Gasteiger partial charge in [0.2, 0.25) is 0 Å². The first-order chi connectivity index (χ1) is 14.7. The number of H-pyrrole nitrogens is 1. The molecule has 0 saturated heterocycles. The SMILES string of the molecule is Cc1cc(-c2cc(-c3cc4c(c(S(C)(=O)=O)c3)C(=O)N([C@@H](C)C3CC3)C4)ccn2)[nH]n1. The largest absolute Gasteiger partial charge is 0.331 e. The molecule has 31 heavy (non-hydrogen) atoms. The second-order valence-electron chi connectivity index (χ2n) is 8.64. The van der Waals surface area contributed by atoms with Crippen molar-refractivity contribution in [2.75, 3.05) is 6.26 Å². The van der Waals surface area contributed by atoms with E-state index in [1.54, 1.807) is 12.3 Å². The third kappa shape index (κ3) is 3.54. The molecular weight excluding hydrogens is 412 g/mol. The molecule has 3 aromatic rings.